The largest absolute Gasteiger partial charge is 0.497 e. The molecule has 0 saturated carbocycles. The van der Waals surface area contributed by atoms with Crippen molar-refractivity contribution in [1.29, 1.82) is 0 Å². The Morgan fingerprint density at radius 2 is 1.58 bits per heavy atom. The van der Waals surface area contributed by atoms with Crippen molar-refractivity contribution < 1.29 is 18.3 Å². The summed E-state index contributed by atoms with van der Waals surface area (Å²) in [7, 11) is 1.65. The fourth-order valence-electron chi connectivity index (χ4n) is 2.54. The first kappa shape index (κ1) is 18.9. The molecule has 1 aliphatic rings. The highest BCUT2D eigenvalue weighted by atomic mass is 19.3. The molecule has 0 aromatic heterocycles. The van der Waals surface area contributed by atoms with Crippen molar-refractivity contribution in [3.8, 4) is 5.75 Å². The van der Waals surface area contributed by atoms with Gasteiger partial charge in [-0.2, -0.15) is 8.78 Å². The molecule has 24 heavy (non-hydrogen) atoms. The molecule has 1 aliphatic heterocycles. The number of methoxy groups -OCH3 is 1. The molecule has 2 rings (SSSR count). The number of alkyl halides is 2. The summed E-state index contributed by atoms with van der Waals surface area (Å²) in [6, 6.07) is 7.98. The molecule has 0 N–H and O–H groups in total. The van der Waals surface area contributed by atoms with Crippen molar-refractivity contribution in [1.82, 2.24) is 4.90 Å². The summed E-state index contributed by atoms with van der Waals surface area (Å²) in [6.45, 7) is 8.48. The Balaban J connectivity index is 1.74. The van der Waals surface area contributed by atoms with E-state index in [0.717, 1.165) is 37.6 Å². The van der Waals surface area contributed by atoms with Gasteiger partial charge in [0.2, 0.25) is 0 Å². The highest BCUT2D eigenvalue weighted by Gasteiger charge is 2.44. The molecule has 4 nitrogen and oxygen atoms in total. The van der Waals surface area contributed by atoms with Crippen LogP contribution in [0.15, 0.2) is 24.3 Å². The predicted molar refractivity (Wildman–Crippen MR) is 92.0 cm³/mol. The monoisotopic (exact) mass is 342 g/mol. The van der Waals surface area contributed by atoms with Gasteiger partial charge in [0.25, 0.3) is 0 Å². The number of ether oxygens (including phenoxy) is 2. The van der Waals surface area contributed by atoms with Crippen LogP contribution in [0.2, 0.25) is 0 Å². The zero-order valence-corrected chi connectivity index (χ0v) is 15.0. The third kappa shape index (κ3) is 4.80. The summed E-state index contributed by atoms with van der Waals surface area (Å²) in [4.78, 5) is 4.46. The number of hydrogen-bond donors (Lipinski definition) is 0. The summed E-state index contributed by atoms with van der Waals surface area (Å²) in [5.41, 5.74) is -0.0222. The van der Waals surface area contributed by atoms with E-state index in [-0.39, 0.29) is 6.61 Å². The molecule has 136 valence electrons. The van der Waals surface area contributed by atoms with Crippen molar-refractivity contribution in [2.24, 2.45) is 5.41 Å². The van der Waals surface area contributed by atoms with E-state index in [1.807, 2.05) is 24.3 Å². The Morgan fingerprint density at radius 3 is 2.08 bits per heavy atom. The molecule has 0 unspecified atom stereocenters. The Bertz CT molecular complexity index is 507. The molecule has 0 bridgehead atoms. The second-order valence-electron chi connectivity index (χ2n) is 7.14. The highest BCUT2D eigenvalue weighted by molar-refractivity contribution is 5.49. The Kier molecular flexibility index (Phi) is 6.04. The molecule has 1 aromatic carbocycles. The number of piperazine rings is 1. The number of benzene rings is 1. The van der Waals surface area contributed by atoms with Crippen LogP contribution in [0.3, 0.4) is 0 Å². The molecule has 0 radical (unpaired) electrons. The maximum Gasteiger partial charge on any atom is 0.360 e. The Hall–Kier alpha value is -1.40. The lowest BCUT2D eigenvalue weighted by Crippen LogP contribution is -2.48. The third-order valence-electron chi connectivity index (χ3n) is 4.37. The lowest BCUT2D eigenvalue weighted by molar-refractivity contribution is -0.295. The van der Waals surface area contributed by atoms with Crippen LogP contribution in [0.25, 0.3) is 0 Å². The van der Waals surface area contributed by atoms with Gasteiger partial charge in [0.05, 0.1) is 19.1 Å². The van der Waals surface area contributed by atoms with Crippen molar-refractivity contribution in [2.75, 3.05) is 51.3 Å². The molecule has 0 spiro atoms. The second-order valence-corrected chi connectivity index (χ2v) is 7.14. The first-order chi connectivity index (χ1) is 11.2. The Morgan fingerprint density at radius 1 is 1.00 bits per heavy atom. The van der Waals surface area contributed by atoms with E-state index in [2.05, 4.69) is 9.80 Å². The van der Waals surface area contributed by atoms with Gasteiger partial charge in [-0.05, 0) is 24.3 Å². The Labute approximate surface area is 143 Å². The van der Waals surface area contributed by atoms with Gasteiger partial charge in [0.1, 0.15) is 5.75 Å². The molecule has 1 heterocycles. The van der Waals surface area contributed by atoms with E-state index in [1.54, 1.807) is 7.11 Å². The van der Waals surface area contributed by atoms with Gasteiger partial charge in [-0.15, -0.1) is 0 Å². The smallest absolute Gasteiger partial charge is 0.360 e. The SMILES string of the molecule is COc1ccc(N2CCN(CCOC(F)(F)C(C)(C)C)CC2)cc1. The number of nitrogens with zero attached hydrogens (tertiary/aromatic N) is 2. The summed E-state index contributed by atoms with van der Waals surface area (Å²) in [6.07, 6.45) is -3.10. The van der Waals surface area contributed by atoms with Gasteiger partial charge < -0.3 is 14.4 Å². The first-order valence-electron chi connectivity index (χ1n) is 8.36. The van der Waals surface area contributed by atoms with Crippen LogP contribution in [0.5, 0.6) is 5.75 Å². The van der Waals surface area contributed by atoms with Crippen molar-refractivity contribution in [3.63, 3.8) is 0 Å². The van der Waals surface area contributed by atoms with Gasteiger partial charge in [0.15, 0.2) is 0 Å². The molecule has 1 saturated heterocycles. The summed E-state index contributed by atoms with van der Waals surface area (Å²) >= 11 is 0. The molecular weight excluding hydrogens is 314 g/mol. The molecule has 0 amide bonds. The van der Waals surface area contributed by atoms with Gasteiger partial charge in [-0.25, -0.2) is 0 Å². The second kappa shape index (κ2) is 7.66. The average molecular weight is 342 g/mol. The van der Waals surface area contributed by atoms with Crippen LogP contribution in [0.4, 0.5) is 14.5 Å². The minimum atomic E-state index is -3.10. The fraction of sp³-hybridized carbons (Fsp3) is 0.667. The number of hydrogen-bond acceptors (Lipinski definition) is 4. The van der Waals surface area contributed by atoms with Crippen molar-refractivity contribution >= 4 is 5.69 Å². The summed E-state index contributed by atoms with van der Waals surface area (Å²) in [5.74, 6) is 0.842. The third-order valence-corrected chi connectivity index (χ3v) is 4.37. The summed E-state index contributed by atoms with van der Waals surface area (Å²) < 4.78 is 37.5. The van der Waals surface area contributed by atoms with E-state index in [9.17, 15) is 8.78 Å². The predicted octanol–water partition coefficient (Wildman–Crippen LogP) is 3.47. The lowest BCUT2D eigenvalue weighted by atomic mass is 9.95. The maximum atomic E-state index is 13.8. The topological polar surface area (TPSA) is 24.9 Å². The van der Waals surface area contributed by atoms with E-state index >= 15 is 0 Å². The van der Waals surface area contributed by atoms with Crippen LogP contribution < -0.4 is 9.64 Å². The number of anilines is 1. The molecule has 0 aliphatic carbocycles. The highest BCUT2D eigenvalue weighted by Crippen LogP contribution is 2.36. The molecule has 6 heteroatoms. The minimum absolute atomic E-state index is 0.0484. The first-order valence-corrected chi connectivity index (χ1v) is 8.36. The van der Waals surface area contributed by atoms with Gasteiger partial charge in [-0.3, -0.25) is 4.90 Å². The van der Waals surface area contributed by atoms with E-state index in [0.29, 0.717) is 6.54 Å². The van der Waals surface area contributed by atoms with Crippen molar-refractivity contribution in [2.45, 2.75) is 26.9 Å². The molecular formula is C18H28F2N2O2. The zero-order valence-electron chi connectivity index (χ0n) is 15.0. The zero-order chi connectivity index (χ0) is 17.8. The standard InChI is InChI=1S/C18H28F2N2O2/c1-17(2,3)18(19,20)24-14-13-21-9-11-22(12-10-21)15-5-7-16(23-4)8-6-15/h5-8H,9-14H2,1-4H3. The quantitative estimate of drug-likeness (QED) is 0.790. The lowest BCUT2D eigenvalue weighted by Gasteiger charge is -2.36. The average Bonchev–Trinajstić information content (AvgIpc) is 2.54. The number of halogens is 2. The fourth-order valence-corrected chi connectivity index (χ4v) is 2.54. The minimum Gasteiger partial charge on any atom is -0.497 e. The van der Waals surface area contributed by atoms with Gasteiger partial charge in [-0.1, -0.05) is 20.8 Å². The van der Waals surface area contributed by atoms with E-state index in [4.69, 9.17) is 9.47 Å². The van der Waals surface area contributed by atoms with Gasteiger partial charge >= 0.3 is 6.11 Å². The molecule has 0 atom stereocenters. The van der Waals surface area contributed by atoms with Crippen molar-refractivity contribution in [3.05, 3.63) is 24.3 Å². The summed E-state index contributed by atoms with van der Waals surface area (Å²) in [5, 5.41) is 0. The normalized spacial score (nSPS) is 17.2. The van der Waals surface area contributed by atoms with Gasteiger partial charge in [0, 0.05) is 38.4 Å². The van der Waals surface area contributed by atoms with E-state index in [1.165, 1.54) is 20.8 Å². The molecule has 1 aromatic rings. The van der Waals surface area contributed by atoms with Crippen LogP contribution >= 0.6 is 0 Å². The van der Waals surface area contributed by atoms with Crippen LogP contribution in [-0.4, -0.2) is 57.4 Å². The maximum absolute atomic E-state index is 13.8. The number of rotatable bonds is 6. The van der Waals surface area contributed by atoms with E-state index < -0.39 is 11.5 Å². The van der Waals surface area contributed by atoms with Crippen LogP contribution in [-0.2, 0) is 4.74 Å². The molecule has 1 fully saturated rings. The van der Waals surface area contributed by atoms with Crippen LogP contribution in [0, 0.1) is 5.41 Å². The van der Waals surface area contributed by atoms with Crippen LogP contribution in [0.1, 0.15) is 20.8 Å².